The van der Waals surface area contributed by atoms with Gasteiger partial charge in [-0.25, -0.2) is 4.98 Å². The number of aliphatic imine (C=N–C) groups is 1. The first-order chi connectivity index (χ1) is 13.0. The van der Waals surface area contributed by atoms with Gasteiger partial charge in [0, 0.05) is 19.0 Å². The lowest BCUT2D eigenvalue weighted by atomic mass is 9.68. The number of hydrogen-bond acceptors (Lipinski definition) is 3. The normalized spacial score (nSPS) is 17.0. The fourth-order valence-electron chi connectivity index (χ4n) is 4.19. The number of nitrogens with zero attached hydrogens (tertiary/aromatic N) is 2. The summed E-state index contributed by atoms with van der Waals surface area (Å²) in [6, 6.07) is 8.82. The molecule has 1 saturated carbocycles. The van der Waals surface area contributed by atoms with Gasteiger partial charge in [-0.1, -0.05) is 43.5 Å². The van der Waals surface area contributed by atoms with E-state index < -0.39 is 0 Å². The molecule has 1 aromatic carbocycles. The molecule has 0 amide bonds. The standard InChI is InChI=1S/C22H32N4O/c1-16-10-6-7-11-19(16)22(12-8-5-9-13-22)15-25-21(23-4)24-14-20-26-17(2)18(3)27-20/h6-7,10-11H,5,8-9,12-15H2,1-4H3,(H2,23,24,25). The van der Waals surface area contributed by atoms with Crippen LogP contribution in [-0.2, 0) is 12.0 Å². The SMILES string of the molecule is CN=C(NCc1nc(C)c(C)o1)NCC1(c2ccccc2C)CCCCC1. The van der Waals surface area contributed by atoms with Gasteiger partial charge in [-0.2, -0.15) is 0 Å². The lowest BCUT2D eigenvalue weighted by Gasteiger charge is -2.39. The van der Waals surface area contributed by atoms with E-state index in [1.165, 1.54) is 43.2 Å². The molecule has 27 heavy (non-hydrogen) atoms. The Morgan fingerprint density at radius 2 is 1.85 bits per heavy atom. The molecular formula is C22H32N4O. The zero-order chi connectivity index (χ0) is 19.3. The summed E-state index contributed by atoms with van der Waals surface area (Å²) in [5.41, 5.74) is 3.98. The number of guanidine groups is 1. The van der Waals surface area contributed by atoms with Crippen molar-refractivity contribution in [2.75, 3.05) is 13.6 Å². The fraction of sp³-hybridized carbons (Fsp3) is 0.545. The molecule has 0 aliphatic heterocycles. The quantitative estimate of drug-likeness (QED) is 0.614. The summed E-state index contributed by atoms with van der Waals surface area (Å²) in [5, 5.41) is 6.90. The highest BCUT2D eigenvalue weighted by Crippen LogP contribution is 2.40. The molecule has 1 heterocycles. The second-order valence-electron chi connectivity index (χ2n) is 7.68. The van der Waals surface area contributed by atoms with Gasteiger partial charge in [-0.3, -0.25) is 4.99 Å². The van der Waals surface area contributed by atoms with E-state index in [0.29, 0.717) is 12.4 Å². The van der Waals surface area contributed by atoms with Crippen molar-refractivity contribution in [3.05, 3.63) is 52.7 Å². The summed E-state index contributed by atoms with van der Waals surface area (Å²) in [7, 11) is 1.81. The van der Waals surface area contributed by atoms with Gasteiger partial charge in [0.2, 0.25) is 5.89 Å². The Morgan fingerprint density at radius 1 is 1.11 bits per heavy atom. The van der Waals surface area contributed by atoms with Crippen molar-refractivity contribution in [2.24, 2.45) is 4.99 Å². The van der Waals surface area contributed by atoms with Crippen LogP contribution in [0.25, 0.3) is 0 Å². The van der Waals surface area contributed by atoms with Gasteiger partial charge >= 0.3 is 0 Å². The maximum Gasteiger partial charge on any atom is 0.214 e. The summed E-state index contributed by atoms with van der Waals surface area (Å²) in [6.45, 7) is 7.55. The lowest BCUT2D eigenvalue weighted by molar-refractivity contribution is 0.290. The number of rotatable bonds is 5. The smallest absolute Gasteiger partial charge is 0.214 e. The monoisotopic (exact) mass is 368 g/mol. The molecule has 3 rings (SSSR count). The molecule has 1 fully saturated rings. The van der Waals surface area contributed by atoms with E-state index in [-0.39, 0.29) is 5.41 Å². The van der Waals surface area contributed by atoms with Crippen LogP contribution in [0.2, 0.25) is 0 Å². The van der Waals surface area contributed by atoms with E-state index in [1.54, 1.807) is 0 Å². The zero-order valence-electron chi connectivity index (χ0n) is 17.1. The summed E-state index contributed by atoms with van der Waals surface area (Å²) in [5.74, 6) is 2.36. The lowest BCUT2D eigenvalue weighted by Crippen LogP contribution is -2.46. The maximum absolute atomic E-state index is 5.65. The minimum absolute atomic E-state index is 0.178. The minimum atomic E-state index is 0.178. The van der Waals surface area contributed by atoms with Crippen molar-refractivity contribution in [2.45, 2.75) is 64.8 Å². The van der Waals surface area contributed by atoms with Crippen molar-refractivity contribution in [1.29, 1.82) is 0 Å². The average molecular weight is 369 g/mol. The number of oxazole rings is 1. The van der Waals surface area contributed by atoms with Crippen LogP contribution in [0, 0.1) is 20.8 Å². The molecule has 1 aliphatic rings. The van der Waals surface area contributed by atoms with Crippen LogP contribution < -0.4 is 10.6 Å². The predicted octanol–water partition coefficient (Wildman–Crippen LogP) is 4.17. The van der Waals surface area contributed by atoms with Gasteiger partial charge in [0.25, 0.3) is 0 Å². The highest BCUT2D eigenvalue weighted by atomic mass is 16.4. The highest BCUT2D eigenvalue weighted by Gasteiger charge is 2.35. The van der Waals surface area contributed by atoms with Crippen molar-refractivity contribution in [1.82, 2.24) is 15.6 Å². The number of aryl methyl sites for hydroxylation is 3. The minimum Gasteiger partial charge on any atom is -0.444 e. The summed E-state index contributed by atoms with van der Waals surface area (Å²) in [6.07, 6.45) is 6.36. The Balaban J connectivity index is 1.67. The molecule has 1 aliphatic carbocycles. The van der Waals surface area contributed by atoms with Crippen LogP contribution in [-0.4, -0.2) is 24.5 Å². The molecule has 0 spiro atoms. The molecule has 1 aromatic heterocycles. The van der Waals surface area contributed by atoms with Crippen LogP contribution in [0.15, 0.2) is 33.7 Å². The van der Waals surface area contributed by atoms with Gasteiger partial charge in [0.05, 0.1) is 12.2 Å². The Bertz CT molecular complexity index is 768. The third-order valence-corrected chi connectivity index (χ3v) is 5.82. The van der Waals surface area contributed by atoms with Crippen molar-refractivity contribution >= 4 is 5.96 Å². The van der Waals surface area contributed by atoms with Crippen molar-refractivity contribution < 1.29 is 4.42 Å². The van der Waals surface area contributed by atoms with E-state index >= 15 is 0 Å². The number of nitrogens with one attached hydrogen (secondary N) is 2. The Labute approximate surface area is 162 Å². The Kier molecular flexibility index (Phi) is 6.19. The van der Waals surface area contributed by atoms with Gasteiger partial charge < -0.3 is 15.1 Å². The first-order valence-electron chi connectivity index (χ1n) is 9.97. The molecule has 0 saturated heterocycles. The Morgan fingerprint density at radius 3 is 2.48 bits per heavy atom. The second kappa shape index (κ2) is 8.59. The molecule has 0 radical (unpaired) electrons. The molecule has 5 heteroatoms. The highest BCUT2D eigenvalue weighted by molar-refractivity contribution is 5.79. The first kappa shape index (κ1) is 19.5. The Hall–Kier alpha value is -2.30. The fourth-order valence-corrected chi connectivity index (χ4v) is 4.19. The number of benzene rings is 1. The van der Waals surface area contributed by atoms with Crippen LogP contribution in [0.4, 0.5) is 0 Å². The van der Waals surface area contributed by atoms with Gasteiger partial charge in [-0.15, -0.1) is 0 Å². The summed E-state index contributed by atoms with van der Waals surface area (Å²) >= 11 is 0. The zero-order valence-corrected chi connectivity index (χ0v) is 17.1. The number of aromatic nitrogens is 1. The third-order valence-electron chi connectivity index (χ3n) is 5.82. The topological polar surface area (TPSA) is 62.5 Å². The first-order valence-corrected chi connectivity index (χ1v) is 9.97. The molecule has 146 valence electrons. The molecule has 2 aromatic rings. The second-order valence-corrected chi connectivity index (χ2v) is 7.68. The van der Waals surface area contributed by atoms with Crippen LogP contribution in [0.1, 0.15) is 60.6 Å². The molecule has 0 atom stereocenters. The summed E-state index contributed by atoms with van der Waals surface area (Å²) < 4.78 is 5.65. The van der Waals surface area contributed by atoms with E-state index in [0.717, 1.165) is 24.0 Å². The van der Waals surface area contributed by atoms with Crippen molar-refractivity contribution in [3.63, 3.8) is 0 Å². The molecule has 5 nitrogen and oxygen atoms in total. The largest absolute Gasteiger partial charge is 0.444 e. The van der Waals surface area contributed by atoms with E-state index in [1.807, 2.05) is 20.9 Å². The third kappa shape index (κ3) is 4.52. The summed E-state index contributed by atoms with van der Waals surface area (Å²) in [4.78, 5) is 8.82. The van der Waals surface area contributed by atoms with Gasteiger partial charge in [0.15, 0.2) is 5.96 Å². The molecule has 2 N–H and O–H groups in total. The van der Waals surface area contributed by atoms with Crippen LogP contribution in [0.5, 0.6) is 0 Å². The van der Waals surface area contributed by atoms with Crippen LogP contribution in [0.3, 0.4) is 0 Å². The van der Waals surface area contributed by atoms with Gasteiger partial charge in [0.1, 0.15) is 5.76 Å². The van der Waals surface area contributed by atoms with E-state index in [4.69, 9.17) is 4.42 Å². The van der Waals surface area contributed by atoms with Crippen molar-refractivity contribution in [3.8, 4) is 0 Å². The van der Waals surface area contributed by atoms with E-state index in [9.17, 15) is 0 Å². The predicted molar refractivity (Wildman–Crippen MR) is 110 cm³/mol. The maximum atomic E-state index is 5.65. The average Bonchev–Trinajstić information content (AvgIpc) is 3.00. The van der Waals surface area contributed by atoms with Crippen LogP contribution >= 0.6 is 0 Å². The molecule has 0 bridgehead atoms. The van der Waals surface area contributed by atoms with E-state index in [2.05, 4.69) is 51.8 Å². The number of hydrogen-bond donors (Lipinski definition) is 2. The molecular weight excluding hydrogens is 336 g/mol. The van der Waals surface area contributed by atoms with Gasteiger partial charge in [-0.05, 0) is 44.7 Å². The molecule has 0 unspecified atom stereocenters.